The van der Waals surface area contributed by atoms with Gasteiger partial charge in [-0.1, -0.05) is 42.3 Å². The van der Waals surface area contributed by atoms with Crippen LogP contribution in [0.3, 0.4) is 0 Å². The van der Waals surface area contributed by atoms with E-state index in [0.29, 0.717) is 15.8 Å². The molecular weight excluding hydrogens is 293 g/mol. The van der Waals surface area contributed by atoms with Crippen LogP contribution < -0.4 is 10.1 Å². The van der Waals surface area contributed by atoms with Gasteiger partial charge in [-0.15, -0.1) is 0 Å². The van der Waals surface area contributed by atoms with Crippen LogP contribution in [-0.2, 0) is 0 Å². The zero-order valence-electron chi connectivity index (χ0n) is 11.5. The quantitative estimate of drug-likeness (QED) is 0.792. The first-order chi connectivity index (χ1) is 9.60. The van der Waals surface area contributed by atoms with E-state index in [9.17, 15) is 0 Å². The molecule has 0 fully saturated rings. The third-order valence-electron chi connectivity index (χ3n) is 2.99. The smallest absolute Gasteiger partial charge is 0.146 e. The average molecular weight is 310 g/mol. The molecule has 0 saturated heterocycles. The minimum Gasteiger partial charge on any atom is -0.456 e. The van der Waals surface area contributed by atoms with Crippen molar-refractivity contribution in [3.63, 3.8) is 0 Å². The number of hydrogen-bond acceptors (Lipinski definition) is 2. The number of nitrogens with one attached hydrogen (secondary N) is 1. The van der Waals surface area contributed by atoms with Gasteiger partial charge in [-0.05, 0) is 49.4 Å². The van der Waals surface area contributed by atoms with E-state index in [1.807, 2.05) is 18.2 Å². The molecule has 2 rings (SSSR count). The van der Waals surface area contributed by atoms with E-state index in [2.05, 4.69) is 25.2 Å². The molecule has 0 aliphatic heterocycles. The van der Waals surface area contributed by atoms with Gasteiger partial charge in [0.15, 0.2) is 0 Å². The fourth-order valence-electron chi connectivity index (χ4n) is 1.96. The predicted molar refractivity (Wildman–Crippen MR) is 85.1 cm³/mol. The maximum atomic E-state index is 6.11. The van der Waals surface area contributed by atoms with Crippen molar-refractivity contribution in [3.8, 4) is 11.5 Å². The monoisotopic (exact) mass is 309 g/mol. The predicted octanol–water partition coefficient (Wildman–Crippen LogP) is 5.46. The molecule has 0 radical (unpaired) electrons. The number of benzene rings is 2. The van der Waals surface area contributed by atoms with Gasteiger partial charge < -0.3 is 10.1 Å². The van der Waals surface area contributed by atoms with E-state index in [-0.39, 0.29) is 6.04 Å². The zero-order chi connectivity index (χ0) is 14.5. The summed E-state index contributed by atoms with van der Waals surface area (Å²) in [5.74, 6) is 1.36. The van der Waals surface area contributed by atoms with Crippen molar-refractivity contribution in [3.05, 3.63) is 58.1 Å². The van der Waals surface area contributed by atoms with Gasteiger partial charge in [0, 0.05) is 11.1 Å². The van der Waals surface area contributed by atoms with Gasteiger partial charge in [0.25, 0.3) is 0 Å². The standard InChI is InChI=1S/C16H17Cl2NO/c1-3-19-11(2)12-5-4-6-14(9-12)20-16-8-7-13(17)10-15(16)18/h4-11,19H,3H2,1-2H3. The Labute approximate surface area is 129 Å². The first kappa shape index (κ1) is 15.2. The minimum absolute atomic E-state index is 0.282. The third-order valence-corrected chi connectivity index (χ3v) is 3.52. The summed E-state index contributed by atoms with van der Waals surface area (Å²) in [4.78, 5) is 0. The molecule has 20 heavy (non-hydrogen) atoms. The number of halogens is 2. The lowest BCUT2D eigenvalue weighted by atomic mass is 10.1. The topological polar surface area (TPSA) is 21.3 Å². The Morgan fingerprint density at radius 1 is 1.15 bits per heavy atom. The molecule has 2 aromatic rings. The molecule has 0 bridgehead atoms. The Bertz CT molecular complexity index is 586. The van der Waals surface area contributed by atoms with Crippen LogP contribution in [0.4, 0.5) is 0 Å². The molecular formula is C16H17Cl2NO. The lowest BCUT2D eigenvalue weighted by molar-refractivity contribution is 0.480. The first-order valence-electron chi connectivity index (χ1n) is 6.56. The van der Waals surface area contributed by atoms with E-state index in [0.717, 1.165) is 12.3 Å². The minimum atomic E-state index is 0.282. The Kier molecular flexibility index (Phi) is 5.30. The second-order valence-corrected chi connectivity index (χ2v) is 5.37. The Morgan fingerprint density at radius 2 is 1.95 bits per heavy atom. The highest BCUT2D eigenvalue weighted by atomic mass is 35.5. The molecule has 4 heteroatoms. The fraction of sp³-hybridized carbons (Fsp3) is 0.250. The van der Waals surface area contributed by atoms with Crippen molar-refractivity contribution in [1.29, 1.82) is 0 Å². The summed E-state index contributed by atoms with van der Waals surface area (Å²) in [5, 5.41) is 4.47. The molecule has 2 nitrogen and oxygen atoms in total. The molecule has 1 N–H and O–H groups in total. The number of rotatable bonds is 5. The maximum Gasteiger partial charge on any atom is 0.146 e. The van der Waals surface area contributed by atoms with Gasteiger partial charge in [-0.25, -0.2) is 0 Å². The van der Waals surface area contributed by atoms with Crippen molar-refractivity contribution < 1.29 is 4.74 Å². The highest BCUT2D eigenvalue weighted by Crippen LogP contribution is 2.32. The highest BCUT2D eigenvalue weighted by Gasteiger charge is 2.07. The molecule has 0 amide bonds. The second kappa shape index (κ2) is 6.98. The van der Waals surface area contributed by atoms with Gasteiger partial charge in [-0.2, -0.15) is 0 Å². The van der Waals surface area contributed by atoms with Crippen LogP contribution in [0.5, 0.6) is 11.5 Å². The van der Waals surface area contributed by atoms with Crippen LogP contribution in [0.1, 0.15) is 25.5 Å². The van der Waals surface area contributed by atoms with E-state index in [1.165, 1.54) is 5.56 Å². The summed E-state index contributed by atoms with van der Waals surface area (Å²) >= 11 is 12.0. The normalized spacial score (nSPS) is 12.2. The average Bonchev–Trinajstić information content (AvgIpc) is 2.43. The van der Waals surface area contributed by atoms with Crippen molar-refractivity contribution in [2.45, 2.75) is 19.9 Å². The highest BCUT2D eigenvalue weighted by molar-refractivity contribution is 6.35. The molecule has 1 unspecified atom stereocenters. The maximum absolute atomic E-state index is 6.11. The Balaban J connectivity index is 2.19. The van der Waals surface area contributed by atoms with Crippen LogP contribution in [0.15, 0.2) is 42.5 Å². The van der Waals surface area contributed by atoms with Crippen molar-refractivity contribution in [2.75, 3.05) is 6.54 Å². The van der Waals surface area contributed by atoms with Gasteiger partial charge in [0.2, 0.25) is 0 Å². The molecule has 1 atom stereocenters. The van der Waals surface area contributed by atoms with Gasteiger partial charge in [0.1, 0.15) is 11.5 Å². The van der Waals surface area contributed by atoms with E-state index in [4.69, 9.17) is 27.9 Å². The SMILES string of the molecule is CCNC(C)c1cccc(Oc2ccc(Cl)cc2Cl)c1. The van der Waals surface area contributed by atoms with Crippen molar-refractivity contribution >= 4 is 23.2 Å². The molecule has 0 aliphatic carbocycles. The summed E-state index contributed by atoms with van der Waals surface area (Å²) < 4.78 is 5.81. The summed E-state index contributed by atoms with van der Waals surface area (Å²) in [6, 6.07) is 13.4. The zero-order valence-corrected chi connectivity index (χ0v) is 13.0. The molecule has 0 spiro atoms. The summed E-state index contributed by atoms with van der Waals surface area (Å²) in [5.41, 5.74) is 1.18. The Hall–Kier alpha value is -1.22. The van der Waals surface area contributed by atoms with Crippen LogP contribution in [-0.4, -0.2) is 6.54 Å². The van der Waals surface area contributed by atoms with Gasteiger partial charge in [0.05, 0.1) is 5.02 Å². The molecule has 2 aromatic carbocycles. The van der Waals surface area contributed by atoms with Crippen molar-refractivity contribution in [2.24, 2.45) is 0 Å². The second-order valence-electron chi connectivity index (χ2n) is 4.53. The van der Waals surface area contributed by atoms with E-state index in [1.54, 1.807) is 18.2 Å². The van der Waals surface area contributed by atoms with E-state index >= 15 is 0 Å². The molecule has 0 heterocycles. The molecule has 0 saturated carbocycles. The molecule has 0 aromatic heterocycles. The first-order valence-corrected chi connectivity index (χ1v) is 7.32. The Morgan fingerprint density at radius 3 is 2.65 bits per heavy atom. The van der Waals surface area contributed by atoms with E-state index < -0.39 is 0 Å². The van der Waals surface area contributed by atoms with Crippen LogP contribution in [0.25, 0.3) is 0 Å². The van der Waals surface area contributed by atoms with Gasteiger partial charge >= 0.3 is 0 Å². The van der Waals surface area contributed by atoms with Gasteiger partial charge in [-0.3, -0.25) is 0 Å². The lowest BCUT2D eigenvalue weighted by Crippen LogP contribution is -2.17. The lowest BCUT2D eigenvalue weighted by Gasteiger charge is -2.14. The molecule has 0 aliphatic rings. The van der Waals surface area contributed by atoms with Crippen LogP contribution >= 0.6 is 23.2 Å². The van der Waals surface area contributed by atoms with Crippen molar-refractivity contribution in [1.82, 2.24) is 5.32 Å². The van der Waals surface area contributed by atoms with Crippen LogP contribution in [0.2, 0.25) is 10.0 Å². The number of hydrogen-bond donors (Lipinski definition) is 1. The summed E-state index contributed by atoms with van der Waals surface area (Å²) in [6.45, 7) is 5.14. The third kappa shape index (κ3) is 3.89. The fourth-order valence-corrected chi connectivity index (χ4v) is 2.40. The summed E-state index contributed by atoms with van der Waals surface area (Å²) in [7, 11) is 0. The molecule has 106 valence electrons. The largest absolute Gasteiger partial charge is 0.456 e. The summed E-state index contributed by atoms with van der Waals surface area (Å²) in [6.07, 6.45) is 0. The van der Waals surface area contributed by atoms with Crippen LogP contribution in [0, 0.1) is 0 Å². The number of ether oxygens (including phenoxy) is 1.